The number of nitrogens with one attached hydrogen (secondary N) is 1. The summed E-state index contributed by atoms with van der Waals surface area (Å²) >= 11 is 1.62. The molecule has 0 saturated heterocycles. The van der Waals surface area contributed by atoms with Gasteiger partial charge in [-0.3, -0.25) is 0 Å². The molecular weight excluding hydrogens is 299 g/mol. The number of thiophene rings is 1. The van der Waals surface area contributed by atoms with Crippen LogP contribution in [0.15, 0.2) is 41.1 Å². The fourth-order valence-electron chi connectivity index (χ4n) is 2.40. The number of aliphatic hydroxyl groups is 1. The summed E-state index contributed by atoms with van der Waals surface area (Å²) in [4.78, 5) is 4.65. The zero-order chi connectivity index (χ0) is 15.4. The fraction of sp³-hybridized carbons (Fsp3) is 0.235. The molecule has 0 fully saturated rings. The number of hydrogen-bond acceptors (Lipinski definition) is 4. The van der Waals surface area contributed by atoms with Gasteiger partial charge in [0.25, 0.3) is 0 Å². The second kappa shape index (κ2) is 6.96. The van der Waals surface area contributed by atoms with Crippen molar-refractivity contribution in [1.82, 2.24) is 10.3 Å². The zero-order valence-electron chi connectivity index (χ0n) is 12.1. The standard InChI is InChI=1S/C17H17FN2OS/c18-15-3-2-12-8-14(10-19-5-1-6-21)17(20-16(12)9-15)13-4-7-22-11-13/h2-4,7-9,11,19,21H,1,5-6,10H2. The Balaban J connectivity index is 1.99. The van der Waals surface area contributed by atoms with Gasteiger partial charge in [-0.2, -0.15) is 11.3 Å². The van der Waals surface area contributed by atoms with Crippen molar-refractivity contribution in [3.05, 3.63) is 52.5 Å². The van der Waals surface area contributed by atoms with E-state index in [1.54, 1.807) is 17.4 Å². The number of hydrogen-bond donors (Lipinski definition) is 2. The Kier molecular flexibility index (Phi) is 4.77. The van der Waals surface area contributed by atoms with E-state index >= 15 is 0 Å². The lowest BCUT2D eigenvalue weighted by atomic mass is 10.1. The highest BCUT2D eigenvalue weighted by atomic mass is 32.1. The van der Waals surface area contributed by atoms with Crippen LogP contribution in [0.5, 0.6) is 0 Å². The van der Waals surface area contributed by atoms with Gasteiger partial charge in [0.05, 0.1) is 11.2 Å². The number of nitrogens with zero attached hydrogens (tertiary/aromatic N) is 1. The first-order valence-corrected chi connectivity index (χ1v) is 8.15. The lowest BCUT2D eigenvalue weighted by molar-refractivity contribution is 0.286. The molecule has 3 rings (SSSR count). The Morgan fingerprint density at radius 3 is 2.91 bits per heavy atom. The smallest absolute Gasteiger partial charge is 0.125 e. The monoisotopic (exact) mass is 316 g/mol. The van der Waals surface area contributed by atoms with Crippen LogP contribution in [0, 0.1) is 5.82 Å². The van der Waals surface area contributed by atoms with Gasteiger partial charge >= 0.3 is 0 Å². The predicted molar refractivity (Wildman–Crippen MR) is 88.4 cm³/mol. The van der Waals surface area contributed by atoms with Crippen LogP contribution in [0.2, 0.25) is 0 Å². The Morgan fingerprint density at radius 1 is 1.23 bits per heavy atom. The van der Waals surface area contributed by atoms with E-state index < -0.39 is 0 Å². The van der Waals surface area contributed by atoms with Crippen molar-refractivity contribution in [3.8, 4) is 11.3 Å². The summed E-state index contributed by atoms with van der Waals surface area (Å²) in [5, 5.41) is 17.1. The molecule has 0 saturated carbocycles. The lowest BCUT2D eigenvalue weighted by Crippen LogP contribution is -2.16. The van der Waals surface area contributed by atoms with Gasteiger partial charge in [0.2, 0.25) is 0 Å². The molecule has 0 aliphatic heterocycles. The molecule has 0 spiro atoms. The Bertz CT molecular complexity index is 759. The highest BCUT2D eigenvalue weighted by Gasteiger charge is 2.10. The molecule has 0 bridgehead atoms. The van der Waals surface area contributed by atoms with Crippen molar-refractivity contribution in [2.45, 2.75) is 13.0 Å². The summed E-state index contributed by atoms with van der Waals surface area (Å²) in [6.45, 7) is 1.60. The Morgan fingerprint density at radius 2 is 2.14 bits per heavy atom. The van der Waals surface area contributed by atoms with Gasteiger partial charge in [-0.1, -0.05) is 0 Å². The van der Waals surface area contributed by atoms with Gasteiger partial charge in [-0.05, 0) is 48.2 Å². The lowest BCUT2D eigenvalue weighted by Gasteiger charge is -2.11. The summed E-state index contributed by atoms with van der Waals surface area (Å²) in [5.41, 5.74) is 3.68. The first-order valence-electron chi connectivity index (χ1n) is 7.21. The molecular formula is C17H17FN2OS. The van der Waals surface area contributed by atoms with Crippen LogP contribution >= 0.6 is 11.3 Å². The maximum absolute atomic E-state index is 13.4. The molecule has 2 heterocycles. The van der Waals surface area contributed by atoms with Crippen LogP contribution in [0.4, 0.5) is 4.39 Å². The molecule has 22 heavy (non-hydrogen) atoms. The molecule has 3 aromatic rings. The normalized spacial score (nSPS) is 11.2. The van der Waals surface area contributed by atoms with E-state index in [1.165, 1.54) is 12.1 Å². The van der Waals surface area contributed by atoms with Crippen molar-refractivity contribution in [2.24, 2.45) is 0 Å². The van der Waals surface area contributed by atoms with Gasteiger partial charge in [-0.25, -0.2) is 9.37 Å². The predicted octanol–water partition coefficient (Wildman–Crippen LogP) is 3.57. The molecule has 0 amide bonds. The van der Waals surface area contributed by atoms with Gasteiger partial charge in [0, 0.05) is 35.5 Å². The summed E-state index contributed by atoms with van der Waals surface area (Å²) in [6.07, 6.45) is 0.722. The summed E-state index contributed by atoms with van der Waals surface area (Å²) in [5.74, 6) is -0.273. The van der Waals surface area contributed by atoms with Crippen LogP contribution in [-0.4, -0.2) is 23.2 Å². The van der Waals surface area contributed by atoms with Crippen molar-refractivity contribution in [1.29, 1.82) is 0 Å². The fourth-order valence-corrected chi connectivity index (χ4v) is 3.04. The molecule has 0 aliphatic rings. The van der Waals surface area contributed by atoms with Gasteiger partial charge in [0.1, 0.15) is 5.82 Å². The minimum Gasteiger partial charge on any atom is -0.396 e. The van der Waals surface area contributed by atoms with Crippen molar-refractivity contribution in [2.75, 3.05) is 13.2 Å². The maximum atomic E-state index is 13.4. The Hall–Kier alpha value is -1.82. The van der Waals surface area contributed by atoms with Crippen molar-refractivity contribution < 1.29 is 9.50 Å². The van der Waals surface area contributed by atoms with E-state index in [-0.39, 0.29) is 12.4 Å². The third-order valence-electron chi connectivity index (χ3n) is 3.48. The second-order valence-corrected chi connectivity index (χ2v) is 5.88. The number of halogens is 1. The molecule has 5 heteroatoms. The first-order chi connectivity index (χ1) is 10.8. The highest BCUT2D eigenvalue weighted by Crippen LogP contribution is 2.27. The number of fused-ring (bicyclic) bond motifs is 1. The quantitative estimate of drug-likeness (QED) is 0.683. The molecule has 0 unspecified atom stereocenters. The van der Waals surface area contributed by atoms with Crippen LogP contribution in [0.1, 0.15) is 12.0 Å². The summed E-state index contributed by atoms with van der Waals surface area (Å²) in [6, 6.07) is 8.76. The van der Waals surface area contributed by atoms with Crippen molar-refractivity contribution >= 4 is 22.2 Å². The van der Waals surface area contributed by atoms with E-state index in [9.17, 15) is 4.39 Å². The third kappa shape index (κ3) is 3.32. The number of aliphatic hydroxyl groups excluding tert-OH is 1. The van der Waals surface area contributed by atoms with E-state index in [0.717, 1.165) is 35.2 Å². The van der Waals surface area contributed by atoms with E-state index in [1.807, 2.05) is 16.8 Å². The van der Waals surface area contributed by atoms with E-state index in [0.29, 0.717) is 12.1 Å². The van der Waals surface area contributed by atoms with Crippen LogP contribution in [0.3, 0.4) is 0 Å². The molecule has 0 atom stereocenters. The van der Waals surface area contributed by atoms with Gasteiger partial charge < -0.3 is 10.4 Å². The molecule has 114 valence electrons. The van der Waals surface area contributed by atoms with Crippen molar-refractivity contribution in [3.63, 3.8) is 0 Å². The van der Waals surface area contributed by atoms with Crippen LogP contribution in [0.25, 0.3) is 22.2 Å². The number of rotatable bonds is 6. The van der Waals surface area contributed by atoms with E-state index in [4.69, 9.17) is 5.11 Å². The first kappa shape index (κ1) is 15.1. The Labute approximate surface area is 132 Å². The number of benzene rings is 1. The molecule has 0 radical (unpaired) electrons. The van der Waals surface area contributed by atoms with Gasteiger partial charge in [-0.15, -0.1) is 0 Å². The largest absolute Gasteiger partial charge is 0.396 e. The minimum atomic E-state index is -0.273. The molecule has 2 aromatic heterocycles. The summed E-state index contributed by atoms with van der Waals surface area (Å²) < 4.78 is 13.4. The summed E-state index contributed by atoms with van der Waals surface area (Å²) in [7, 11) is 0. The number of aromatic nitrogens is 1. The van der Waals surface area contributed by atoms with Crippen LogP contribution < -0.4 is 5.32 Å². The maximum Gasteiger partial charge on any atom is 0.125 e. The molecule has 0 aliphatic carbocycles. The highest BCUT2D eigenvalue weighted by molar-refractivity contribution is 7.08. The third-order valence-corrected chi connectivity index (χ3v) is 4.16. The average Bonchev–Trinajstić information content (AvgIpc) is 3.05. The molecule has 1 aromatic carbocycles. The SMILES string of the molecule is OCCCNCc1cc2ccc(F)cc2nc1-c1ccsc1. The minimum absolute atomic E-state index is 0.180. The zero-order valence-corrected chi connectivity index (χ0v) is 12.9. The topological polar surface area (TPSA) is 45.1 Å². The van der Waals surface area contributed by atoms with Gasteiger partial charge in [0.15, 0.2) is 0 Å². The van der Waals surface area contributed by atoms with E-state index in [2.05, 4.69) is 16.4 Å². The average molecular weight is 316 g/mol. The van der Waals surface area contributed by atoms with Crippen LogP contribution in [-0.2, 0) is 6.54 Å². The molecule has 2 N–H and O–H groups in total. The second-order valence-electron chi connectivity index (χ2n) is 5.10. The molecule has 3 nitrogen and oxygen atoms in total. The number of pyridine rings is 1.